The lowest BCUT2D eigenvalue weighted by Gasteiger charge is -2.27. The van der Waals surface area contributed by atoms with Gasteiger partial charge >= 0.3 is 0 Å². The minimum absolute atomic E-state index is 0.0284. The van der Waals surface area contributed by atoms with Crippen LogP contribution in [0.15, 0.2) is 30.3 Å². The van der Waals surface area contributed by atoms with Crippen LogP contribution in [0.4, 0.5) is 5.13 Å². The van der Waals surface area contributed by atoms with Gasteiger partial charge in [0.05, 0.1) is 33.7 Å². The number of aromatic nitrogens is 1. The number of thiazole rings is 1. The molecule has 0 N–H and O–H groups in total. The fourth-order valence-corrected chi connectivity index (χ4v) is 5.70. The molecule has 1 aromatic carbocycles. The topological polar surface area (TPSA) is 45.7 Å². The number of rotatable bonds is 7. The zero-order valence-electron chi connectivity index (χ0n) is 15.8. The van der Waals surface area contributed by atoms with Crippen LogP contribution in [-0.2, 0) is 16.0 Å². The summed E-state index contributed by atoms with van der Waals surface area (Å²) in [5.41, 5.74) is 0.749. The number of para-hydroxylation sites is 1. The van der Waals surface area contributed by atoms with Gasteiger partial charge in [0.2, 0.25) is 5.91 Å². The summed E-state index contributed by atoms with van der Waals surface area (Å²) in [5.74, 6) is 0.0284. The number of ether oxygens (including phenoxy) is 1. The van der Waals surface area contributed by atoms with Crippen molar-refractivity contribution in [3.8, 4) is 0 Å². The molecule has 0 bridgehead atoms. The number of hydrogen-bond donors (Lipinski definition) is 0. The highest BCUT2D eigenvalue weighted by molar-refractivity contribution is 7.22. The maximum Gasteiger partial charge on any atom is 0.234 e. The Labute approximate surface area is 187 Å². The average molecular weight is 470 g/mol. The number of fused-ring (bicyclic) bond motifs is 1. The lowest BCUT2D eigenvalue weighted by Crippen LogP contribution is -2.39. The number of morpholine rings is 1. The van der Waals surface area contributed by atoms with E-state index in [9.17, 15) is 4.79 Å². The molecular weight excluding hydrogens is 449 g/mol. The first kappa shape index (κ1) is 21.0. The fourth-order valence-electron chi connectivity index (χ4n) is 3.31. The molecule has 29 heavy (non-hydrogen) atoms. The van der Waals surface area contributed by atoms with E-state index in [0.717, 1.165) is 54.4 Å². The van der Waals surface area contributed by atoms with Crippen LogP contribution in [0.5, 0.6) is 0 Å². The average Bonchev–Trinajstić information content (AvgIpc) is 3.33. The number of benzene rings is 1. The minimum Gasteiger partial charge on any atom is -0.379 e. The fraction of sp³-hybridized carbons (Fsp3) is 0.400. The smallest absolute Gasteiger partial charge is 0.234 e. The Morgan fingerprint density at radius 3 is 2.72 bits per heavy atom. The van der Waals surface area contributed by atoms with E-state index in [-0.39, 0.29) is 5.91 Å². The van der Waals surface area contributed by atoms with E-state index in [4.69, 9.17) is 27.9 Å². The number of carbonyl (C=O) groups excluding carboxylic acids is 1. The minimum atomic E-state index is 0.0284. The van der Waals surface area contributed by atoms with Gasteiger partial charge in [-0.05, 0) is 30.7 Å². The first-order chi connectivity index (χ1) is 14.1. The first-order valence-corrected chi connectivity index (χ1v) is 11.9. The Morgan fingerprint density at radius 2 is 2.00 bits per heavy atom. The van der Waals surface area contributed by atoms with Crippen molar-refractivity contribution in [2.45, 2.75) is 12.8 Å². The standard InChI is InChI=1S/C20H21Cl2N3O2S2/c21-15-3-1-4-16-19(15)23-20(29-16)25(8-2-7-24-9-11-27-12-10-24)18(26)13-14-5-6-17(22)28-14/h1,3-6H,2,7-13H2. The summed E-state index contributed by atoms with van der Waals surface area (Å²) in [6.45, 7) is 4.99. The van der Waals surface area contributed by atoms with E-state index in [0.29, 0.717) is 27.5 Å². The van der Waals surface area contributed by atoms with Gasteiger partial charge in [-0.1, -0.05) is 40.6 Å². The molecule has 2 aromatic heterocycles. The monoisotopic (exact) mass is 469 g/mol. The molecule has 1 aliphatic rings. The van der Waals surface area contributed by atoms with E-state index < -0.39 is 0 Å². The molecule has 3 aromatic rings. The molecule has 154 valence electrons. The van der Waals surface area contributed by atoms with Crippen molar-refractivity contribution in [3.05, 3.63) is 44.6 Å². The predicted octanol–water partition coefficient (Wildman–Crippen LogP) is 4.96. The summed E-state index contributed by atoms with van der Waals surface area (Å²) in [6, 6.07) is 9.45. The third-order valence-electron chi connectivity index (χ3n) is 4.80. The van der Waals surface area contributed by atoms with Gasteiger partial charge in [-0.15, -0.1) is 11.3 Å². The lowest BCUT2D eigenvalue weighted by molar-refractivity contribution is -0.118. The number of anilines is 1. The molecule has 3 heterocycles. The van der Waals surface area contributed by atoms with Crippen LogP contribution >= 0.6 is 45.9 Å². The molecule has 0 aliphatic carbocycles. The summed E-state index contributed by atoms with van der Waals surface area (Å²) >= 11 is 15.3. The summed E-state index contributed by atoms with van der Waals surface area (Å²) < 4.78 is 7.09. The molecule has 0 saturated carbocycles. The highest BCUT2D eigenvalue weighted by atomic mass is 35.5. The Kier molecular flexibility index (Phi) is 7.05. The lowest BCUT2D eigenvalue weighted by atomic mass is 10.3. The maximum absolute atomic E-state index is 13.2. The normalized spacial score (nSPS) is 15.1. The van der Waals surface area contributed by atoms with Crippen molar-refractivity contribution >= 4 is 67.1 Å². The van der Waals surface area contributed by atoms with Crippen LogP contribution < -0.4 is 4.90 Å². The quantitative estimate of drug-likeness (QED) is 0.490. The third-order valence-corrected chi connectivity index (χ3v) is 7.38. The molecular formula is C20H21Cl2N3O2S2. The summed E-state index contributed by atoms with van der Waals surface area (Å²) in [7, 11) is 0. The van der Waals surface area contributed by atoms with Crippen LogP contribution in [0, 0.1) is 0 Å². The van der Waals surface area contributed by atoms with E-state index in [1.165, 1.54) is 22.7 Å². The zero-order valence-corrected chi connectivity index (χ0v) is 18.9. The predicted molar refractivity (Wildman–Crippen MR) is 122 cm³/mol. The number of amides is 1. The van der Waals surface area contributed by atoms with Gasteiger partial charge in [0.25, 0.3) is 0 Å². The Morgan fingerprint density at radius 1 is 1.17 bits per heavy atom. The van der Waals surface area contributed by atoms with Crippen molar-refractivity contribution in [2.24, 2.45) is 0 Å². The van der Waals surface area contributed by atoms with Crippen LogP contribution in [-0.4, -0.2) is 55.2 Å². The third kappa shape index (κ3) is 5.29. The molecule has 1 saturated heterocycles. The van der Waals surface area contributed by atoms with Crippen molar-refractivity contribution in [1.29, 1.82) is 0 Å². The highest BCUT2D eigenvalue weighted by Crippen LogP contribution is 2.33. The maximum atomic E-state index is 13.2. The summed E-state index contributed by atoms with van der Waals surface area (Å²) in [4.78, 5) is 23.0. The van der Waals surface area contributed by atoms with Gasteiger partial charge in [0.1, 0.15) is 5.52 Å². The van der Waals surface area contributed by atoms with Crippen molar-refractivity contribution in [2.75, 3.05) is 44.3 Å². The zero-order chi connectivity index (χ0) is 20.2. The molecule has 9 heteroatoms. The van der Waals surface area contributed by atoms with Crippen LogP contribution in [0.1, 0.15) is 11.3 Å². The summed E-state index contributed by atoms with van der Waals surface area (Å²) in [6.07, 6.45) is 1.19. The Balaban J connectivity index is 1.51. The van der Waals surface area contributed by atoms with E-state index in [1.54, 1.807) is 4.90 Å². The molecule has 0 unspecified atom stereocenters. The van der Waals surface area contributed by atoms with E-state index in [2.05, 4.69) is 9.88 Å². The molecule has 1 fully saturated rings. The van der Waals surface area contributed by atoms with Crippen LogP contribution in [0.2, 0.25) is 9.36 Å². The number of halogens is 2. The molecule has 1 amide bonds. The second kappa shape index (κ2) is 9.73. The second-order valence-corrected chi connectivity index (χ2v) is 10.0. The van der Waals surface area contributed by atoms with Gasteiger partial charge in [0, 0.05) is 31.1 Å². The van der Waals surface area contributed by atoms with Gasteiger partial charge in [-0.25, -0.2) is 4.98 Å². The number of nitrogens with zero attached hydrogens (tertiary/aromatic N) is 3. The molecule has 1 aliphatic heterocycles. The van der Waals surface area contributed by atoms with Gasteiger partial charge in [-0.3, -0.25) is 14.6 Å². The molecule has 4 rings (SSSR count). The van der Waals surface area contributed by atoms with Gasteiger partial charge < -0.3 is 4.74 Å². The van der Waals surface area contributed by atoms with Gasteiger partial charge in [0.15, 0.2) is 5.13 Å². The van der Waals surface area contributed by atoms with Gasteiger partial charge in [-0.2, -0.15) is 0 Å². The van der Waals surface area contributed by atoms with E-state index >= 15 is 0 Å². The molecule has 0 radical (unpaired) electrons. The van der Waals surface area contributed by atoms with Crippen molar-refractivity contribution < 1.29 is 9.53 Å². The van der Waals surface area contributed by atoms with E-state index in [1.807, 2.05) is 30.3 Å². The molecule has 0 atom stereocenters. The van der Waals surface area contributed by atoms with Crippen LogP contribution in [0.25, 0.3) is 10.2 Å². The number of carbonyl (C=O) groups is 1. The largest absolute Gasteiger partial charge is 0.379 e. The van der Waals surface area contributed by atoms with Crippen LogP contribution in [0.3, 0.4) is 0 Å². The number of hydrogen-bond acceptors (Lipinski definition) is 6. The van der Waals surface area contributed by atoms with Crippen molar-refractivity contribution in [3.63, 3.8) is 0 Å². The number of thiophene rings is 1. The molecule has 0 spiro atoms. The SMILES string of the molecule is O=C(Cc1ccc(Cl)s1)N(CCCN1CCOCC1)c1nc2c(Cl)cccc2s1. The Bertz CT molecular complexity index is 985. The highest BCUT2D eigenvalue weighted by Gasteiger charge is 2.22. The second-order valence-electron chi connectivity index (χ2n) is 6.82. The van der Waals surface area contributed by atoms with Crippen molar-refractivity contribution in [1.82, 2.24) is 9.88 Å². The molecule has 5 nitrogen and oxygen atoms in total. The first-order valence-electron chi connectivity index (χ1n) is 9.50. The Hall–Kier alpha value is -1.22. The summed E-state index contributed by atoms with van der Waals surface area (Å²) in [5, 5.41) is 1.30.